The summed E-state index contributed by atoms with van der Waals surface area (Å²) in [7, 11) is 1.85. The van der Waals surface area contributed by atoms with E-state index in [9.17, 15) is 19.4 Å². The van der Waals surface area contributed by atoms with E-state index in [-0.39, 0.29) is 18.5 Å². The van der Waals surface area contributed by atoms with E-state index in [0.29, 0.717) is 38.1 Å². The summed E-state index contributed by atoms with van der Waals surface area (Å²) in [6, 6.07) is 12.9. The molecule has 0 aliphatic heterocycles. The van der Waals surface area contributed by atoms with Crippen LogP contribution in [0.1, 0.15) is 55.0 Å². The zero-order valence-corrected chi connectivity index (χ0v) is 21.8. The van der Waals surface area contributed by atoms with E-state index in [2.05, 4.69) is 0 Å². The summed E-state index contributed by atoms with van der Waals surface area (Å²) < 4.78 is 24.5. The van der Waals surface area contributed by atoms with Crippen LogP contribution in [0.5, 0.6) is 0 Å². The first-order chi connectivity index (χ1) is 17.2. The topological polar surface area (TPSA) is 79.2 Å². The summed E-state index contributed by atoms with van der Waals surface area (Å²) in [6.45, 7) is 6.64. The van der Waals surface area contributed by atoms with Gasteiger partial charge in [0.05, 0.1) is 31.5 Å². The van der Waals surface area contributed by atoms with E-state index in [4.69, 9.17) is 9.47 Å². The summed E-state index contributed by atoms with van der Waals surface area (Å²) in [5.74, 6) is -0.597. The molecule has 0 unspecified atom stereocenters. The molecule has 0 bridgehead atoms. The highest BCUT2D eigenvalue weighted by Gasteiger charge is 2.16. The zero-order chi connectivity index (χ0) is 26.5. The van der Waals surface area contributed by atoms with E-state index in [1.54, 1.807) is 32.1 Å². The molecular weight excluding hydrogens is 461 g/mol. The number of esters is 1. The highest BCUT2D eigenvalue weighted by atomic mass is 19.1. The Morgan fingerprint density at radius 1 is 1.14 bits per heavy atom. The molecule has 7 heteroatoms. The molecule has 0 radical (unpaired) electrons. The van der Waals surface area contributed by atoms with Crippen LogP contribution in [0.25, 0.3) is 6.08 Å². The number of rotatable bonds is 15. The Hall–Kier alpha value is -2.58. The minimum atomic E-state index is -0.720. The zero-order valence-electron chi connectivity index (χ0n) is 21.8. The van der Waals surface area contributed by atoms with Crippen LogP contribution in [-0.4, -0.2) is 66.6 Å². The molecule has 2 rings (SSSR count). The molecule has 0 spiro atoms. The van der Waals surface area contributed by atoms with E-state index >= 15 is 0 Å². The lowest BCUT2D eigenvalue weighted by Crippen LogP contribution is -2.37. The molecule has 2 aromatic carbocycles. The van der Waals surface area contributed by atoms with Crippen LogP contribution < -0.4 is 0 Å². The van der Waals surface area contributed by atoms with Crippen molar-refractivity contribution >= 4 is 12.0 Å². The number of carbonyl (C=O) groups is 1. The summed E-state index contributed by atoms with van der Waals surface area (Å²) in [6.07, 6.45) is 3.62. The minimum absolute atomic E-state index is 0.135. The van der Waals surface area contributed by atoms with Gasteiger partial charge in [-0.3, -0.25) is 0 Å². The van der Waals surface area contributed by atoms with Crippen LogP contribution in [0, 0.1) is 12.7 Å². The molecule has 198 valence electrons. The first kappa shape index (κ1) is 29.6. The van der Waals surface area contributed by atoms with Crippen molar-refractivity contribution in [1.82, 2.24) is 4.90 Å². The normalized spacial score (nSPS) is 14.2. The second-order valence-electron chi connectivity index (χ2n) is 9.19. The largest absolute Gasteiger partial charge is 0.463 e. The number of halogens is 1. The maximum atomic E-state index is 13.7. The van der Waals surface area contributed by atoms with Gasteiger partial charge in [-0.2, -0.15) is 0 Å². The van der Waals surface area contributed by atoms with E-state index in [1.165, 1.54) is 6.08 Å². The average Bonchev–Trinajstić information content (AvgIpc) is 2.83. The van der Waals surface area contributed by atoms with Crippen molar-refractivity contribution in [2.24, 2.45) is 0 Å². The van der Waals surface area contributed by atoms with E-state index in [1.807, 2.05) is 49.2 Å². The first-order valence-electron chi connectivity index (χ1n) is 12.5. The SMILES string of the molecule is CCOC(=O)/C=C/c1ccccc1[C@@H](C)OC[C@H](O)CN(C)C[C@H](O)CCCc1ccc(C)c(F)c1. The second kappa shape index (κ2) is 15.5. The van der Waals surface area contributed by atoms with Gasteiger partial charge in [0.15, 0.2) is 0 Å². The molecule has 6 nitrogen and oxygen atoms in total. The molecule has 0 amide bonds. The monoisotopic (exact) mass is 501 g/mol. The molecular formula is C29H40FNO5. The minimum Gasteiger partial charge on any atom is -0.463 e. The molecule has 0 heterocycles. The van der Waals surface area contributed by atoms with Crippen LogP contribution in [0.2, 0.25) is 0 Å². The lowest BCUT2D eigenvalue weighted by Gasteiger charge is -2.24. The van der Waals surface area contributed by atoms with Crippen LogP contribution >= 0.6 is 0 Å². The summed E-state index contributed by atoms with van der Waals surface area (Å²) in [4.78, 5) is 13.5. The fraction of sp³-hybridized carbons (Fsp3) is 0.483. The summed E-state index contributed by atoms with van der Waals surface area (Å²) in [5.41, 5.74) is 3.31. The quantitative estimate of drug-likeness (QED) is 0.277. The molecule has 0 fully saturated rings. The highest BCUT2D eigenvalue weighted by Crippen LogP contribution is 2.22. The highest BCUT2D eigenvalue weighted by molar-refractivity contribution is 5.87. The van der Waals surface area contributed by atoms with Gasteiger partial charge >= 0.3 is 5.97 Å². The molecule has 2 N–H and O–H groups in total. The smallest absolute Gasteiger partial charge is 0.330 e. The van der Waals surface area contributed by atoms with Gasteiger partial charge in [-0.05, 0) is 81.5 Å². The lowest BCUT2D eigenvalue weighted by atomic mass is 10.0. The second-order valence-corrected chi connectivity index (χ2v) is 9.19. The van der Waals surface area contributed by atoms with Crippen molar-refractivity contribution in [2.75, 3.05) is 33.4 Å². The standard InChI is InChI=1S/C29H40FNO5/c1-5-35-29(34)16-15-24-10-6-7-12-27(24)22(3)36-20-26(33)19-31(4)18-25(32)11-8-9-23-14-13-21(2)28(30)17-23/h6-7,10,12-17,22,25-26,32-33H,5,8-9,11,18-20H2,1-4H3/b16-15+/t22-,25-,26-/m1/s1. The number of likely N-dealkylation sites (N-methyl/N-ethyl adjacent to an activating group) is 1. The maximum Gasteiger partial charge on any atom is 0.330 e. The van der Waals surface area contributed by atoms with E-state index < -0.39 is 18.2 Å². The van der Waals surface area contributed by atoms with Gasteiger partial charge in [0.25, 0.3) is 0 Å². The molecule has 2 aromatic rings. The number of hydrogen-bond acceptors (Lipinski definition) is 6. The predicted octanol–water partition coefficient (Wildman–Crippen LogP) is 4.46. The lowest BCUT2D eigenvalue weighted by molar-refractivity contribution is -0.137. The Morgan fingerprint density at radius 2 is 1.86 bits per heavy atom. The number of aliphatic hydroxyl groups is 2. The molecule has 0 aliphatic rings. The van der Waals surface area contributed by atoms with Crippen molar-refractivity contribution in [3.63, 3.8) is 0 Å². The van der Waals surface area contributed by atoms with Crippen molar-refractivity contribution in [3.05, 3.63) is 76.6 Å². The van der Waals surface area contributed by atoms with Crippen molar-refractivity contribution in [1.29, 1.82) is 0 Å². The van der Waals surface area contributed by atoms with Crippen LogP contribution in [0.3, 0.4) is 0 Å². The van der Waals surface area contributed by atoms with Crippen LogP contribution in [0.15, 0.2) is 48.5 Å². The molecule has 0 saturated carbocycles. The van der Waals surface area contributed by atoms with Crippen molar-refractivity contribution in [2.45, 2.75) is 58.3 Å². The van der Waals surface area contributed by atoms with Gasteiger partial charge in [0.2, 0.25) is 0 Å². The number of aryl methyl sites for hydroxylation is 2. The Kier molecular flexibility index (Phi) is 12.8. The molecule has 0 aromatic heterocycles. The molecule has 36 heavy (non-hydrogen) atoms. The van der Waals surface area contributed by atoms with Gasteiger partial charge in [0.1, 0.15) is 5.82 Å². The average molecular weight is 502 g/mol. The van der Waals surface area contributed by atoms with Crippen molar-refractivity contribution < 1.29 is 28.9 Å². The fourth-order valence-corrected chi connectivity index (χ4v) is 4.00. The Bertz CT molecular complexity index is 980. The Morgan fingerprint density at radius 3 is 2.58 bits per heavy atom. The van der Waals surface area contributed by atoms with Crippen LogP contribution in [-0.2, 0) is 20.7 Å². The third kappa shape index (κ3) is 10.6. The number of hydrogen-bond donors (Lipinski definition) is 2. The van der Waals surface area contributed by atoms with Gasteiger partial charge in [-0.15, -0.1) is 0 Å². The predicted molar refractivity (Wildman–Crippen MR) is 140 cm³/mol. The molecule has 0 aliphatic carbocycles. The number of carbonyl (C=O) groups excluding carboxylic acids is 1. The number of nitrogens with zero attached hydrogens (tertiary/aromatic N) is 1. The summed E-state index contributed by atoms with van der Waals surface area (Å²) in [5, 5.41) is 20.8. The van der Waals surface area contributed by atoms with E-state index in [0.717, 1.165) is 23.1 Å². The van der Waals surface area contributed by atoms with Gasteiger partial charge in [0, 0.05) is 19.2 Å². The number of benzene rings is 2. The summed E-state index contributed by atoms with van der Waals surface area (Å²) >= 11 is 0. The fourth-order valence-electron chi connectivity index (χ4n) is 4.00. The first-order valence-corrected chi connectivity index (χ1v) is 12.5. The maximum absolute atomic E-state index is 13.7. The number of aliphatic hydroxyl groups excluding tert-OH is 2. The Labute approximate surface area is 214 Å². The van der Waals surface area contributed by atoms with Crippen molar-refractivity contribution in [3.8, 4) is 0 Å². The third-order valence-corrected chi connectivity index (χ3v) is 5.94. The molecule has 3 atom stereocenters. The number of ether oxygens (including phenoxy) is 2. The van der Waals surface area contributed by atoms with Gasteiger partial charge < -0.3 is 24.6 Å². The van der Waals surface area contributed by atoms with Crippen LogP contribution in [0.4, 0.5) is 4.39 Å². The Balaban J connectivity index is 1.74. The third-order valence-electron chi connectivity index (χ3n) is 5.94. The van der Waals surface area contributed by atoms with Gasteiger partial charge in [-0.1, -0.05) is 36.4 Å². The molecule has 0 saturated heterocycles. The van der Waals surface area contributed by atoms with Gasteiger partial charge in [-0.25, -0.2) is 9.18 Å².